The summed E-state index contributed by atoms with van der Waals surface area (Å²) in [6.45, 7) is 0. The topological polar surface area (TPSA) is 39.2 Å². The van der Waals surface area contributed by atoms with Gasteiger partial charge in [-0.25, -0.2) is 4.98 Å². The highest BCUT2D eigenvalue weighted by atomic mass is 35.5. The molecule has 0 N–H and O–H groups in total. The Bertz CT molecular complexity index is 1490. The van der Waals surface area contributed by atoms with E-state index in [0.29, 0.717) is 27.6 Å². The molecule has 0 fully saturated rings. The highest BCUT2D eigenvalue weighted by Gasteiger charge is 2.19. The molecule has 4 heteroatoms. The van der Waals surface area contributed by atoms with Gasteiger partial charge < -0.3 is 8.83 Å². The highest BCUT2D eigenvalue weighted by molar-refractivity contribution is 6.37. The Balaban J connectivity index is 1.68. The van der Waals surface area contributed by atoms with Gasteiger partial charge in [-0.2, -0.15) is 0 Å². The molecule has 6 rings (SSSR count). The van der Waals surface area contributed by atoms with E-state index in [9.17, 15) is 0 Å². The zero-order valence-electron chi connectivity index (χ0n) is 14.1. The van der Waals surface area contributed by atoms with E-state index in [-0.39, 0.29) is 0 Å². The van der Waals surface area contributed by atoms with E-state index < -0.39 is 0 Å². The van der Waals surface area contributed by atoms with E-state index in [1.165, 1.54) is 5.39 Å². The number of nitrogens with zero attached hydrogens (tertiary/aromatic N) is 1. The van der Waals surface area contributed by atoms with E-state index in [2.05, 4.69) is 29.2 Å². The van der Waals surface area contributed by atoms with Crippen LogP contribution in [0.1, 0.15) is 0 Å². The molecule has 0 aliphatic heterocycles. The van der Waals surface area contributed by atoms with E-state index in [0.717, 1.165) is 27.3 Å². The summed E-state index contributed by atoms with van der Waals surface area (Å²) in [5, 5.41) is 4.74. The van der Waals surface area contributed by atoms with Crippen LogP contribution < -0.4 is 0 Å². The molecular weight excluding hydrogens is 358 g/mol. The quantitative estimate of drug-likeness (QED) is 0.307. The summed E-state index contributed by atoms with van der Waals surface area (Å²) < 4.78 is 12.1. The zero-order valence-corrected chi connectivity index (χ0v) is 14.8. The fraction of sp³-hybridized carbons (Fsp3) is 0. The van der Waals surface area contributed by atoms with E-state index in [1.54, 1.807) is 0 Å². The molecule has 3 nitrogen and oxygen atoms in total. The van der Waals surface area contributed by atoms with Crippen molar-refractivity contribution in [2.45, 2.75) is 0 Å². The summed E-state index contributed by atoms with van der Waals surface area (Å²) >= 11 is 6.48. The van der Waals surface area contributed by atoms with Crippen molar-refractivity contribution in [3.63, 3.8) is 0 Å². The molecule has 128 valence electrons. The second-order valence-corrected chi connectivity index (χ2v) is 7.00. The molecule has 0 aliphatic carbocycles. The first-order valence-corrected chi connectivity index (χ1v) is 9.05. The maximum absolute atomic E-state index is 6.48. The van der Waals surface area contributed by atoms with Crippen LogP contribution in [0.25, 0.3) is 55.3 Å². The third kappa shape index (κ3) is 2.12. The summed E-state index contributed by atoms with van der Waals surface area (Å²) in [5.41, 5.74) is 3.74. The summed E-state index contributed by atoms with van der Waals surface area (Å²) in [6.07, 6.45) is 0. The summed E-state index contributed by atoms with van der Waals surface area (Å²) in [7, 11) is 0. The van der Waals surface area contributed by atoms with Crippen molar-refractivity contribution in [3.8, 4) is 11.5 Å². The lowest BCUT2D eigenvalue weighted by Gasteiger charge is -1.99. The molecule has 0 unspecified atom stereocenters. The molecule has 0 saturated carbocycles. The van der Waals surface area contributed by atoms with Crippen molar-refractivity contribution >= 4 is 55.4 Å². The molecule has 0 bridgehead atoms. The normalized spacial score (nSPS) is 11.9. The molecule has 2 aromatic heterocycles. The van der Waals surface area contributed by atoms with Gasteiger partial charge in [0.1, 0.15) is 16.7 Å². The average Bonchev–Trinajstić information content (AvgIpc) is 3.29. The van der Waals surface area contributed by atoms with Gasteiger partial charge in [-0.05, 0) is 29.0 Å². The van der Waals surface area contributed by atoms with Crippen molar-refractivity contribution in [1.82, 2.24) is 4.98 Å². The first-order chi connectivity index (χ1) is 13.3. The van der Waals surface area contributed by atoms with Crippen LogP contribution in [-0.4, -0.2) is 4.98 Å². The Morgan fingerprint density at radius 2 is 1.56 bits per heavy atom. The van der Waals surface area contributed by atoms with E-state index in [1.807, 2.05) is 48.5 Å². The zero-order chi connectivity index (χ0) is 18.0. The minimum atomic E-state index is 0.521. The molecule has 0 amide bonds. The van der Waals surface area contributed by atoms with Crippen molar-refractivity contribution < 1.29 is 8.83 Å². The Kier molecular flexibility index (Phi) is 2.94. The molecular formula is C23H12ClNO2. The Morgan fingerprint density at radius 1 is 0.741 bits per heavy atom. The van der Waals surface area contributed by atoms with Crippen LogP contribution in [0.5, 0.6) is 0 Å². The van der Waals surface area contributed by atoms with Crippen LogP contribution in [0.4, 0.5) is 0 Å². The van der Waals surface area contributed by atoms with Crippen molar-refractivity contribution in [3.05, 3.63) is 77.8 Å². The van der Waals surface area contributed by atoms with Crippen LogP contribution in [0.2, 0.25) is 5.02 Å². The molecule has 0 atom stereocenters. The molecule has 0 saturated heterocycles. The van der Waals surface area contributed by atoms with Crippen molar-refractivity contribution in [2.24, 2.45) is 0 Å². The monoisotopic (exact) mass is 369 g/mol. The first-order valence-electron chi connectivity index (χ1n) is 8.67. The fourth-order valence-electron chi connectivity index (χ4n) is 3.68. The lowest BCUT2D eigenvalue weighted by atomic mass is 10.1. The number of hydrogen-bond donors (Lipinski definition) is 0. The van der Waals surface area contributed by atoms with Gasteiger partial charge in [-0.15, -0.1) is 0 Å². The Hall–Kier alpha value is -3.30. The highest BCUT2D eigenvalue weighted by Crippen LogP contribution is 2.40. The van der Waals surface area contributed by atoms with Gasteiger partial charge in [0.15, 0.2) is 5.58 Å². The van der Waals surface area contributed by atoms with Gasteiger partial charge in [0.25, 0.3) is 0 Å². The van der Waals surface area contributed by atoms with Crippen LogP contribution >= 0.6 is 11.6 Å². The van der Waals surface area contributed by atoms with Gasteiger partial charge in [0, 0.05) is 17.0 Å². The van der Waals surface area contributed by atoms with Crippen LogP contribution in [-0.2, 0) is 0 Å². The van der Waals surface area contributed by atoms with Gasteiger partial charge in [0.05, 0.1) is 10.4 Å². The minimum absolute atomic E-state index is 0.521. The van der Waals surface area contributed by atoms with Crippen LogP contribution in [0.3, 0.4) is 0 Å². The van der Waals surface area contributed by atoms with E-state index >= 15 is 0 Å². The Morgan fingerprint density at radius 3 is 2.48 bits per heavy atom. The number of oxazole rings is 1. The molecule has 0 spiro atoms. The summed E-state index contributed by atoms with van der Waals surface area (Å²) in [5.74, 6) is 0.551. The third-order valence-electron chi connectivity index (χ3n) is 4.96. The largest absolute Gasteiger partial charge is 0.456 e. The number of hydrogen-bond acceptors (Lipinski definition) is 3. The molecule has 6 aromatic rings. The number of aromatic nitrogens is 1. The third-order valence-corrected chi connectivity index (χ3v) is 5.25. The maximum atomic E-state index is 6.48. The number of halogens is 1. The van der Waals surface area contributed by atoms with Crippen LogP contribution in [0.15, 0.2) is 81.6 Å². The second kappa shape index (κ2) is 5.35. The maximum Gasteiger partial charge on any atom is 0.227 e. The lowest BCUT2D eigenvalue weighted by molar-refractivity contribution is 0.622. The smallest absolute Gasteiger partial charge is 0.227 e. The molecule has 0 aliphatic rings. The SMILES string of the molecule is Clc1cc2oc3ccccc3c2c2oc(-c3ccc4ccccc4c3)nc12. The Labute approximate surface area is 158 Å². The second-order valence-electron chi connectivity index (χ2n) is 6.59. The van der Waals surface area contributed by atoms with Gasteiger partial charge in [-0.1, -0.05) is 60.1 Å². The predicted molar refractivity (Wildman–Crippen MR) is 109 cm³/mol. The summed E-state index contributed by atoms with van der Waals surface area (Å²) in [6, 6.07) is 24.1. The summed E-state index contributed by atoms with van der Waals surface area (Å²) in [4.78, 5) is 4.69. The fourth-order valence-corrected chi connectivity index (χ4v) is 3.91. The number of benzene rings is 4. The molecule has 2 heterocycles. The van der Waals surface area contributed by atoms with Crippen LogP contribution in [0, 0.1) is 0 Å². The van der Waals surface area contributed by atoms with Crippen molar-refractivity contribution in [1.29, 1.82) is 0 Å². The van der Waals surface area contributed by atoms with E-state index in [4.69, 9.17) is 20.4 Å². The molecule has 27 heavy (non-hydrogen) atoms. The predicted octanol–water partition coefficient (Wildman–Crippen LogP) is 7.20. The first kappa shape index (κ1) is 14.8. The minimum Gasteiger partial charge on any atom is -0.456 e. The standard InChI is InChI=1S/C23H12ClNO2/c24-17-12-19-20(16-7-3-4-8-18(16)26-19)22-21(17)25-23(27-22)15-10-9-13-5-1-2-6-14(13)11-15/h1-12H. The number of furan rings is 1. The average molecular weight is 370 g/mol. The molecule has 0 radical (unpaired) electrons. The van der Waals surface area contributed by atoms with Gasteiger partial charge in [0.2, 0.25) is 5.89 Å². The van der Waals surface area contributed by atoms with Gasteiger partial charge >= 0.3 is 0 Å². The van der Waals surface area contributed by atoms with Crippen molar-refractivity contribution in [2.75, 3.05) is 0 Å². The number of rotatable bonds is 1. The number of fused-ring (bicyclic) bond motifs is 6. The number of para-hydroxylation sites is 1. The van der Waals surface area contributed by atoms with Gasteiger partial charge in [-0.3, -0.25) is 0 Å². The lowest BCUT2D eigenvalue weighted by Crippen LogP contribution is -1.78. The molecule has 4 aromatic carbocycles.